The zero-order valence-electron chi connectivity index (χ0n) is 12.2. The molecule has 1 fully saturated rings. The Morgan fingerprint density at radius 3 is 2.47 bits per heavy atom. The summed E-state index contributed by atoms with van der Waals surface area (Å²) in [5, 5.41) is 3.70. The molecule has 0 unspecified atom stereocenters. The maximum Gasteiger partial charge on any atom is 0.142 e. The van der Waals surface area contributed by atoms with E-state index in [2.05, 4.69) is 30.4 Å². The second-order valence-electron chi connectivity index (χ2n) is 5.53. The lowest BCUT2D eigenvalue weighted by Gasteiger charge is -2.23. The molecule has 1 aliphatic rings. The molecule has 1 saturated carbocycles. The number of para-hydroxylation sites is 2. The van der Waals surface area contributed by atoms with Crippen LogP contribution in [-0.2, 0) is 0 Å². The lowest BCUT2D eigenvalue weighted by atomic mass is 9.96. The van der Waals surface area contributed by atoms with Gasteiger partial charge in [-0.3, -0.25) is 0 Å². The van der Waals surface area contributed by atoms with E-state index < -0.39 is 0 Å². The summed E-state index contributed by atoms with van der Waals surface area (Å²) < 4.78 is 5.82. The zero-order valence-corrected chi connectivity index (χ0v) is 12.2. The van der Waals surface area contributed by atoms with Crippen LogP contribution < -0.4 is 10.1 Å². The first kappa shape index (κ1) is 14.2. The van der Waals surface area contributed by atoms with Crippen LogP contribution in [0.4, 0.5) is 5.69 Å². The van der Waals surface area contributed by atoms with Crippen LogP contribution in [0.5, 0.6) is 5.75 Å². The molecular weight excluding hydrogens is 234 g/mol. The summed E-state index contributed by atoms with van der Waals surface area (Å²) in [6, 6.07) is 8.97. The van der Waals surface area contributed by atoms with Crippen LogP contribution in [0, 0.1) is 0 Å². The van der Waals surface area contributed by atoms with Gasteiger partial charge in [0.05, 0.1) is 12.3 Å². The first-order chi connectivity index (χ1) is 9.40. The van der Waals surface area contributed by atoms with Gasteiger partial charge in [-0.25, -0.2) is 0 Å². The third kappa shape index (κ3) is 4.77. The Labute approximate surface area is 117 Å². The minimum Gasteiger partial charge on any atom is -0.491 e. The van der Waals surface area contributed by atoms with E-state index in [1.54, 1.807) is 0 Å². The summed E-state index contributed by atoms with van der Waals surface area (Å²) >= 11 is 0. The van der Waals surface area contributed by atoms with Gasteiger partial charge in [0.2, 0.25) is 0 Å². The minimum absolute atomic E-state index is 0.617. The van der Waals surface area contributed by atoms with Gasteiger partial charge in [0, 0.05) is 6.04 Å². The molecule has 0 spiro atoms. The van der Waals surface area contributed by atoms with Crippen molar-refractivity contribution in [3.05, 3.63) is 24.3 Å². The fraction of sp³-hybridized carbons (Fsp3) is 0.647. The topological polar surface area (TPSA) is 21.3 Å². The van der Waals surface area contributed by atoms with Gasteiger partial charge in [0.25, 0.3) is 0 Å². The van der Waals surface area contributed by atoms with Crippen molar-refractivity contribution in [2.24, 2.45) is 0 Å². The normalized spacial score (nSPS) is 17.5. The van der Waals surface area contributed by atoms with E-state index in [1.807, 2.05) is 6.07 Å². The molecule has 2 rings (SSSR count). The van der Waals surface area contributed by atoms with E-state index in [1.165, 1.54) is 50.6 Å². The first-order valence-electron chi connectivity index (χ1n) is 7.88. The molecule has 1 aromatic rings. The molecule has 0 saturated heterocycles. The fourth-order valence-electron chi connectivity index (χ4n) is 2.74. The minimum atomic E-state index is 0.617. The van der Waals surface area contributed by atoms with Crippen molar-refractivity contribution >= 4 is 5.69 Å². The summed E-state index contributed by atoms with van der Waals surface area (Å²) in [5.41, 5.74) is 1.17. The van der Waals surface area contributed by atoms with Crippen molar-refractivity contribution in [1.82, 2.24) is 0 Å². The Morgan fingerprint density at radius 2 is 1.74 bits per heavy atom. The van der Waals surface area contributed by atoms with Gasteiger partial charge in [-0.1, -0.05) is 51.2 Å². The van der Waals surface area contributed by atoms with Crippen LogP contribution in [0.15, 0.2) is 24.3 Å². The smallest absolute Gasteiger partial charge is 0.142 e. The molecule has 19 heavy (non-hydrogen) atoms. The van der Waals surface area contributed by atoms with Gasteiger partial charge in [0.1, 0.15) is 5.75 Å². The van der Waals surface area contributed by atoms with Crippen LogP contribution in [0.3, 0.4) is 0 Å². The molecule has 106 valence electrons. The van der Waals surface area contributed by atoms with Crippen molar-refractivity contribution in [1.29, 1.82) is 0 Å². The number of anilines is 1. The lowest BCUT2D eigenvalue weighted by molar-refractivity contribution is 0.318. The summed E-state index contributed by atoms with van der Waals surface area (Å²) in [7, 11) is 0. The quantitative estimate of drug-likeness (QED) is 0.805. The molecule has 0 bridgehead atoms. The predicted octanol–water partition coefficient (Wildman–Crippen LogP) is 5.00. The number of ether oxygens (including phenoxy) is 1. The monoisotopic (exact) mass is 261 g/mol. The van der Waals surface area contributed by atoms with E-state index in [-0.39, 0.29) is 0 Å². The second kappa shape index (κ2) is 8.08. The Hall–Kier alpha value is -1.18. The summed E-state index contributed by atoms with van der Waals surface area (Å²) in [5.74, 6) is 1.01. The molecular formula is C17H27NO. The Balaban J connectivity index is 1.96. The maximum absolute atomic E-state index is 5.82. The SMILES string of the molecule is CCCOc1ccccc1NC1CCCCCCC1. The van der Waals surface area contributed by atoms with Crippen LogP contribution >= 0.6 is 0 Å². The van der Waals surface area contributed by atoms with Crippen molar-refractivity contribution < 1.29 is 4.74 Å². The van der Waals surface area contributed by atoms with Gasteiger partial charge < -0.3 is 10.1 Å². The molecule has 0 atom stereocenters. The highest BCUT2D eigenvalue weighted by molar-refractivity contribution is 5.56. The van der Waals surface area contributed by atoms with E-state index in [4.69, 9.17) is 4.74 Å². The summed E-state index contributed by atoms with van der Waals surface area (Å²) in [6.07, 6.45) is 10.6. The zero-order chi connectivity index (χ0) is 13.3. The highest BCUT2D eigenvalue weighted by atomic mass is 16.5. The molecule has 0 aliphatic heterocycles. The molecule has 1 aromatic carbocycles. The Kier molecular flexibility index (Phi) is 6.06. The number of hydrogen-bond donors (Lipinski definition) is 1. The molecule has 0 heterocycles. The van der Waals surface area contributed by atoms with Gasteiger partial charge >= 0.3 is 0 Å². The molecule has 0 aromatic heterocycles. The highest BCUT2D eigenvalue weighted by Crippen LogP contribution is 2.27. The Morgan fingerprint density at radius 1 is 1.05 bits per heavy atom. The molecule has 0 radical (unpaired) electrons. The van der Waals surface area contributed by atoms with Crippen molar-refractivity contribution in [3.8, 4) is 5.75 Å². The van der Waals surface area contributed by atoms with Gasteiger partial charge in [-0.2, -0.15) is 0 Å². The van der Waals surface area contributed by atoms with E-state index in [0.717, 1.165) is 18.8 Å². The van der Waals surface area contributed by atoms with Crippen LogP contribution in [0.1, 0.15) is 58.3 Å². The summed E-state index contributed by atoms with van der Waals surface area (Å²) in [6.45, 7) is 2.94. The van der Waals surface area contributed by atoms with Crippen LogP contribution in [0.25, 0.3) is 0 Å². The average molecular weight is 261 g/mol. The van der Waals surface area contributed by atoms with Crippen molar-refractivity contribution in [3.63, 3.8) is 0 Å². The molecule has 1 aliphatic carbocycles. The predicted molar refractivity (Wildman–Crippen MR) is 82.0 cm³/mol. The van der Waals surface area contributed by atoms with Crippen molar-refractivity contribution in [2.75, 3.05) is 11.9 Å². The number of nitrogens with one attached hydrogen (secondary N) is 1. The van der Waals surface area contributed by atoms with Crippen molar-refractivity contribution in [2.45, 2.75) is 64.3 Å². The number of rotatable bonds is 5. The molecule has 0 amide bonds. The largest absolute Gasteiger partial charge is 0.491 e. The van der Waals surface area contributed by atoms with E-state index in [0.29, 0.717) is 6.04 Å². The van der Waals surface area contributed by atoms with E-state index in [9.17, 15) is 0 Å². The van der Waals surface area contributed by atoms with E-state index >= 15 is 0 Å². The Bertz CT molecular complexity index is 356. The summed E-state index contributed by atoms with van der Waals surface area (Å²) in [4.78, 5) is 0. The van der Waals surface area contributed by atoms with Gasteiger partial charge in [0.15, 0.2) is 0 Å². The number of hydrogen-bond acceptors (Lipinski definition) is 2. The first-order valence-corrected chi connectivity index (χ1v) is 7.88. The van der Waals surface area contributed by atoms with Crippen LogP contribution in [0.2, 0.25) is 0 Å². The third-order valence-electron chi connectivity index (χ3n) is 3.81. The lowest BCUT2D eigenvalue weighted by Crippen LogP contribution is -2.21. The highest BCUT2D eigenvalue weighted by Gasteiger charge is 2.13. The standard InChI is InChI=1S/C17H27NO/c1-2-14-19-17-13-9-8-12-16(17)18-15-10-6-4-3-5-7-11-15/h8-9,12-13,15,18H,2-7,10-11,14H2,1H3. The molecule has 2 heteroatoms. The average Bonchev–Trinajstić information content (AvgIpc) is 2.40. The van der Waals surface area contributed by atoms with Gasteiger partial charge in [-0.05, 0) is 31.4 Å². The maximum atomic E-state index is 5.82. The molecule has 1 N–H and O–H groups in total. The molecule has 2 nitrogen and oxygen atoms in total. The fourth-order valence-corrected chi connectivity index (χ4v) is 2.74. The third-order valence-corrected chi connectivity index (χ3v) is 3.81. The van der Waals surface area contributed by atoms with Crippen LogP contribution in [-0.4, -0.2) is 12.6 Å². The van der Waals surface area contributed by atoms with Gasteiger partial charge in [-0.15, -0.1) is 0 Å². The number of benzene rings is 1. The second-order valence-corrected chi connectivity index (χ2v) is 5.53.